The van der Waals surface area contributed by atoms with Crippen molar-refractivity contribution in [1.29, 1.82) is 0 Å². The molecule has 0 fully saturated rings. The van der Waals surface area contributed by atoms with Crippen molar-refractivity contribution < 1.29 is 25.5 Å². The second-order valence-corrected chi connectivity index (χ2v) is 11.0. The van der Waals surface area contributed by atoms with Crippen molar-refractivity contribution in [3.63, 3.8) is 0 Å². The first-order valence-electron chi connectivity index (χ1n) is 15.0. The third kappa shape index (κ3) is 5.04. The maximum Gasteiger partial charge on any atom is 2.00 e. The Morgan fingerprint density at radius 2 is 1.32 bits per heavy atom. The van der Waals surface area contributed by atoms with E-state index < -0.39 is 0 Å². The number of pyridine rings is 3. The molecule has 0 atom stereocenters. The van der Waals surface area contributed by atoms with Gasteiger partial charge in [-0.1, -0.05) is 65.0 Å². The quantitative estimate of drug-likeness (QED) is 0.163. The van der Waals surface area contributed by atoms with Crippen LogP contribution in [0.5, 0.6) is 0 Å². The van der Waals surface area contributed by atoms with Crippen molar-refractivity contribution in [3.05, 3.63) is 152 Å². The number of oxazole rings is 1. The van der Waals surface area contributed by atoms with Crippen LogP contribution < -0.4 is 0 Å². The molecule has 7 heteroatoms. The Kier molecular flexibility index (Phi) is 7.28. The molecule has 0 aliphatic carbocycles. The van der Waals surface area contributed by atoms with Gasteiger partial charge in [-0.05, 0) is 70.8 Å². The number of nitrogens with zero attached hydrogens (tertiary/aromatic N) is 5. The fraction of sp³-hybridized carbons (Fsp3) is 0. The molecule has 5 aromatic heterocycles. The molecule has 0 amide bonds. The Bertz CT molecular complexity index is 2490. The van der Waals surface area contributed by atoms with Crippen LogP contribution in [-0.2, 0) is 21.1 Å². The molecule has 0 spiro atoms. The first-order chi connectivity index (χ1) is 22.8. The third-order valence-corrected chi connectivity index (χ3v) is 8.18. The molecule has 4 aromatic carbocycles. The number of hydrogen-bond donors (Lipinski definition) is 0. The molecule has 0 aliphatic rings. The normalized spacial score (nSPS) is 11.2. The smallest absolute Gasteiger partial charge is 0.481 e. The first-order valence-corrected chi connectivity index (χ1v) is 15.0. The summed E-state index contributed by atoms with van der Waals surface area (Å²) in [5.41, 5.74) is 10.4. The predicted octanol–water partition coefficient (Wildman–Crippen LogP) is 9.38. The largest absolute Gasteiger partial charge is 2.00 e. The van der Waals surface area contributed by atoms with E-state index in [4.69, 9.17) is 14.4 Å². The summed E-state index contributed by atoms with van der Waals surface area (Å²) in [6.45, 7) is 0. The van der Waals surface area contributed by atoms with Gasteiger partial charge in [-0.2, -0.15) is 0 Å². The second-order valence-electron chi connectivity index (χ2n) is 11.0. The molecule has 0 N–H and O–H groups in total. The van der Waals surface area contributed by atoms with Gasteiger partial charge in [-0.15, -0.1) is 42.0 Å². The van der Waals surface area contributed by atoms with E-state index in [0.717, 1.165) is 77.9 Å². The minimum absolute atomic E-state index is 0. The number of aromatic nitrogens is 5. The zero-order valence-corrected chi connectivity index (χ0v) is 27.0. The van der Waals surface area contributed by atoms with Crippen LogP contribution in [0.4, 0.5) is 0 Å². The van der Waals surface area contributed by atoms with Gasteiger partial charge in [-0.25, -0.2) is 0 Å². The van der Waals surface area contributed by atoms with Crippen LogP contribution in [0.15, 0.2) is 144 Å². The number of hydrogen-bond acceptors (Lipinski definition) is 5. The van der Waals surface area contributed by atoms with E-state index in [1.807, 2.05) is 97.2 Å². The molecule has 9 rings (SSSR count). The van der Waals surface area contributed by atoms with Crippen LogP contribution >= 0.6 is 0 Å². The molecule has 0 aliphatic heterocycles. The fourth-order valence-electron chi connectivity index (χ4n) is 6.06. The van der Waals surface area contributed by atoms with E-state index in [1.165, 1.54) is 0 Å². The van der Waals surface area contributed by atoms with Gasteiger partial charge in [0.15, 0.2) is 0 Å². The zero-order valence-electron chi connectivity index (χ0n) is 24.7. The van der Waals surface area contributed by atoms with E-state index in [2.05, 4.69) is 57.0 Å². The molecule has 224 valence electrons. The van der Waals surface area contributed by atoms with Crippen LogP contribution in [-0.4, -0.2) is 24.5 Å². The van der Waals surface area contributed by atoms with E-state index in [1.54, 1.807) is 12.4 Å². The second kappa shape index (κ2) is 11.9. The van der Waals surface area contributed by atoms with E-state index in [0.29, 0.717) is 5.89 Å². The SMILES string of the molecule is [Pt+2].[c-]1c(-c2ccccn2)cccc1-n1c2[c-]c(-c3nc4ccccc4o3)c(-c3ccccn3)cc2c2cc(-c3ccccn3)ccc21. The Morgan fingerprint density at radius 1 is 0.596 bits per heavy atom. The van der Waals surface area contributed by atoms with Gasteiger partial charge in [0.1, 0.15) is 11.5 Å². The first kappa shape index (κ1) is 28.7. The average molecular weight is 785 g/mol. The molecule has 5 heterocycles. The summed E-state index contributed by atoms with van der Waals surface area (Å²) >= 11 is 0. The van der Waals surface area contributed by atoms with Gasteiger partial charge in [-0.3, -0.25) is 15.0 Å². The van der Waals surface area contributed by atoms with Gasteiger partial charge in [0.2, 0.25) is 0 Å². The Labute approximate surface area is 284 Å². The molecular formula is C40H23N5OPt. The fourth-order valence-corrected chi connectivity index (χ4v) is 6.06. The third-order valence-electron chi connectivity index (χ3n) is 8.18. The summed E-state index contributed by atoms with van der Waals surface area (Å²) in [6.07, 6.45) is 5.42. The molecule has 0 saturated heterocycles. The van der Waals surface area contributed by atoms with Gasteiger partial charge < -0.3 is 14.0 Å². The molecule has 0 radical (unpaired) electrons. The topological polar surface area (TPSA) is 69.6 Å². The summed E-state index contributed by atoms with van der Waals surface area (Å²) in [4.78, 5) is 18.8. The predicted molar refractivity (Wildman–Crippen MR) is 181 cm³/mol. The monoisotopic (exact) mass is 784 g/mol. The molecule has 0 saturated carbocycles. The standard InChI is InChI=1S/C40H23N5O.Pt/c1-2-16-39-36(15-1)44-40(46-39)32-25-38-31(24-29(32)35-14-5-8-21-43-35)30-23-27(34-13-4-7-20-42-34)17-18-37(30)45(38)28-11-9-10-26(22-28)33-12-3-6-19-41-33;/h1-21,23-24H;/q-2;+2. The molecule has 47 heavy (non-hydrogen) atoms. The Balaban J connectivity index is 0.00000324. The molecule has 9 aromatic rings. The van der Waals surface area contributed by atoms with Crippen LogP contribution in [0, 0.1) is 12.1 Å². The van der Waals surface area contributed by atoms with E-state index >= 15 is 0 Å². The minimum atomic E-state index is 0. The van der Waals surface area contributed by atoms with Gasteiger partial charge >= 0.3 is 21.1 Å². The van der Waals surface area contributed by atoms with Crippen molar-refractivity contribution in [2.45, 2.75) is 0 Å². The van der Waals surface area contributed by atoms with Crippen molar-refractivity contribution >= 4 is 32.9 Å². The molecule has 6 nitrogen and oxygen atoms in total. The number of para-hydroxylation sites is 2. The Hall–Kier alpha value is -5.71. The molecule has 0 bridgehead atoms. The van der Waals surface area contributed by atoms with Crippen molar-refractivity contribution in [2.24, 2.45) is 0 Å². The summed E-state index contributed by atoms with van der Waals surface area (Å²) in [5, 5.41) is 2.08. The summed E-state index contributed by atoms with van der Waals surface area (Å²) in [5.74, 6) is 0.487. The van der Waals surface area contributed by atoms with Crippen molar-refractivity contribution in [3.8, 4) is 50.9 Å². The maximum atomic E-state index is 6.33. The van der Waals surface area contributed by atoms with Gasteiger partial charge in [0, 0.05) is 35.4 Å². The van der Waals surface area contributed by atoms with Crippen LogP contribution in [0.1, 0.15) is 0 Å². The van der Waals surface area contributed by atoms with Gasteiger partial charge in [0.25, 0.3) is 0 Å². The van der Waals surface area contributed by atoms with Crippen LogP contribution in [0.3, 0.4) is 0 Å². The number of benzene rings is 4. The summed E-state index contributed by atoms with van der Waals surface area (Å²) in [7, 11) is 0. The summed E-state index contributed by atoms with van der Waals surface area (Å²) in [6, 6.07) is 47.8. The van der Waals surface area contributed by atoms with Crippen LogP contribution in [0.25, 0.3) is 83.8 Å². The molecule has 0 unspecified atom stereocenters. The van der Waals surface area contributed by atoms with E-state index in [9.17, 15) is 0 Å². The number of rotatable bonds is 5. The van der Waals surface area contributed by atoms with Crippen molar-refractivity contribution in [1.82, 2.24) is 24.5 Å². The van der Waals surface area contributed by atoms with Gasteiger partial charge in [0.05, 0.1) is 11.2 Å². The minimum Gasteiger partial charge on any atom is -0.481 e. The molecular weight excluding hydrogens is 762 g/mol. The maximum absolute atomic E-state index is 6.33. The van der Waals surface area contributed by atoms with Crippen molar-refractivity contribution in [2.75, 3.05) is 0 Å². The van der Waals surface area contributed by atoms with Crippen LogP contribution in [0.2, 0.25) is 0 Å². The Morgan fingerprint density at radius 3 is 2.06 bits per heavy atom. The summed E-state index contributed by atoms with van der Waals surface area (Å²) < 4.78 is 8.54. The average Bonchev–Trinajstić information content (AvgIpc) is 3.71. The zero-order chi connectivity index (χ0) is 30.5. The van der Waals surface area contributed by atoms with E-state index in [-0.39, 0.29) is 21.1 Å². The number of fused-ring (bicyclic) bond motifs is 4.